The van der Waals surface area contributed by atoms with Crippen molar-refractivity contribution in [1.82, 2.24) is 14.9 Å². The number of aliphatic hydroxyl groups is 1. The molecule has 0 saturated carbocycles. The first-order valence-electron chi connectivity index (χ1n) is 6.03. The zero-order chi connectivity index (χ0) is 14.0. The van der Waals surface area contributed by atoms with Crippen LogP contribution in [0.2, 0.25) is 0 Å². The number of imidazole rings is 1. The molecular formula is C13H17N3O3. The third-order valence-electron chi connectivity index (χ3n) is 3.14. The van der Waals surface area contributed by atoms with Crippen molar-refractivity contribution < 1.29 is 15.0 Å². The maximum Gasteiger partial charge on any atom is 0.317 e. The third kappa shape index (κ3) is 2.91. The second kappa shape index (κ2) is 5.38. The number of carboxylic acid groups (broad SMARTS) is 1. The summed E-state index contributed by atoms with van der Waals surface area (Å²) < 4.78 is 1.90. The van der Waals surface area contributed by atoms with Crippen molar-refractivity contribution in [3.05, 3.63) is 30.1 Å². The highest BCUT2D eigenvalue weighted by Gasteiger charge is 2.17. The van der Waals surface area contributed by atoms with Crippen molar-refractivity contribution in [1.29, 1.82) is 0 Å². The molecule has 0 saturated heterocycles. The van der Waals surface area contributed by atoms with E-state index >= 15 is 0 Å². The zero-order valence-electron chi connectivity index (χ0n) is 10.9. The van der Waals surface area contributed by atoms with E-state index in [-0.39, 0.29) is 12.6 Å². The SMILES string of the molecule is CC(NCC(=O)O)C(O)c1ccc2c(c1)ncn2C. The topological polar surface area (TPSA) is 87.4 Å². The molecule has 6 nitrogen and oxygen atoms in total. The second-order valence-corrected chi connectivity index (χ2v) is 4.61. The molecule has 2 unspecified atom stereocenters. The lowest BCUT2D eigenvalue weighted by molar-refractivity contribution is -0.136. The molecule has 1 aromatic heterocycles. The van der Waals surface area contributed by atoms with E-state index in [0.717, 1.165) is 16.6 Å². The van der Waals surface area contributed by atoms with Crippen LogP contribution in [-0.4, -0.2) is 38.3 Å². The molecule has 102 valence electrons. The lowest BCUT2D eigenvalue weighted by atomic mass is 10.0. The van der Waals surface area contributed by atoms with Crippen molar-refractivity contribution in [3.63, 3.8) is 0 Å². The number of nitrogens with zero attached hydrogens (tertiary/aromatic N) is 2. The molecule has 0 aliphatic rings. The highest BCUT2D eigenvalue weighted by molar-refractivity contribution is 5.76. The van der Waals surface area contributed by atoms with Crippen LogP contribution < -0.4 is 5.32 Å². The Bertz CT molecular complexity index is 594. The molecule has 6 heteroatoms. The van der Waals surface area contributed by atoms with E-state index in [1.165, 1.54) is 0 Å². The van der Waals surface area contributed by atoms with Gasteiger partial charge in [0.25, 0.3) is 0 Å². The van der Waals surface area contributed by atoms with E-state index in [9.17, 15) is 9.90 Å². The molecule has 1 aromatic carbocycles. The van der Waals surface area contributed by atoms with Gasteiger partial charge < -0.3 is 20.1 Å². The molecule has 0 spiro atoms. The number of benzene rings is 1. The molecule has 19 heavy (non-hydrogen) atoms. The first kappa shape index (κ1) is 13.5. The predicted molar refractivity (Wildman–Crippen MR) is 70.8 cm³/mol. The summed E-state index contributed by atoms with van der Waals surface area (Å²) in [5, 5.41) is 21.5. The molecule has 2 atom stereocenters. The number of nitrogens with one attached hydrogen (secondary N) is 1. The second-order valence-electron chi connectivity index (χ2n) is 4.61. The first-order valence-corrected chi connectivity index (χ1v) is 6.03. The Morgan fingerprint density at radius 1 is 1.53 bits per heavy atom. The summed E-state index contributed by atoms with van der Waals surface area (Å²) in [5.74, 6) is -0.945. The minimum absolute atomic E-state index is 0.177. The lowest BCUT2D eigenvalue weighted by Gasteiger charge is -2.19. The van der Waals surface area contributed by atoms with Gasteiger partial charge in [0.15, 0.2) is 0 Å². The zero-order valence-corrected chi connectivity index (χ0v) is 10.9. The van der Waals surface area contributed by atoms with E-state index in [0.29, 0.717) is 0 Å². The molecule has 0 aliphatic carbocycles. The van der Waals surface area contributed by atoms with E-state index < -0.39 is 12.1 Å². The number of carboxylic acids is 1. The maximum atomic E-state index is 10.5. The number of hydrogen-bond acceptors (Lipinski definition) is 4. The highest BCUT2D eigenvalue weighted by Crippen LogP contribution is 2.21. The Hall–Kier alpha value is -1.92. The smallest absolute Gasteiger partial charge is 0.317 e. The van der Waals surface area contributed by atoms with Crippen LogP contribution in [0.4, 0.5) is 0 Å². The summed E-state index contributed by atoms with van der Waals surface area (Å²) in [6, 6.07) is 5.19. The van der Waals surface area contributed by atoms with Gasteiger partial charge in [0, 0.05) is 13.1 Å². The predicted octanol–water partition coefficient (Wildman–Crippen LogP) is 0.669. The van der Waals surface area contributed by atoms with Crippen molar-refractivity contribution in [2.75, 3.05) is 6.54 Å². The fraction of sp³-hybridized carbons (Fsp3) is 0.385. The monoisotopic (exact) mass is 263 g/mol. The van der Waals surface area contributed by atoms with Crippen LogP contribution in [-0.2, 0) is 11.8 Å². The average Bonchev–Trinajstić information content (AvgIpc) is 2.76. The summed E-state index contributed by atoms with van der Waals surface area (Å²) in [6.07, 6.45) is 0.943. The van der Waals surface area contributed by atoms with Crippen LogP contribution in [0.15, 0.2) is 24.5 Å². The first-order chi connectivity index (χ1) is 8.99. The number of rotatable bonds is 5. The molecule has 0 aliphatic heterocycles. The van der Waals surface area contributed by atoms with Crippen LogP contribution in [0.25, 0.3) is 11.0 Å². The third-order valence-corrected chi connectivity index (χ3v) is 3.14. The number of aromatic nitrogens is 2. The summed E-state index contributed by atoms with van der Waals surface area (Å²) in [6.45, 7) is 1.57. The van der Waals surface area contributed by atoms with Gasteiger partial charge in [0.2, 0.25) is 0 Å². The summed E-state index contributed by atoms with van der Waals surface area (Å²) in [5.41, 5.74) is 2.52. The van der Waals surface area contributed by atoms with Gasteiger partial charge in [0.1, 0.15) is 0 Å². The molecule has 3 N–H and O–H groups in total. The molecule has 1 heterocycles. The molecular weight excluding hydrogens is 246 g/mol. The minimum Gasteiger partial charge on any atom is -0.480 e. The molecule has 0 fully saturated rings. The Kier molecular flexibility index (Phi) is 3.82. The van der Waals surface area contributed by atoms with Crippen molar-refractivity contribution in [2.45, 2.75) is 19.1 Å². The Morgan fingerprint density at radius 3 is 2.95 bits per heavy atom. The fourth-order valence-corrected chi connectivity index (χ4v) is 1.99. The average molecular weight is 263 g/mol. The van der Waals surface area contributed by atoms with E-state index in [4.69, 9.17) is 5.11 Å². The number of hydrogen-bond donors (Lipinski definition) is 3. The molecule has 2 rings (SSSR count). The number of aliphatic hydroxyl groups excluding tert-OH is 1. The summed E-state index contributed by atoms with van der Waals surface area (Å²) >= 11 is 0. The quantitative estimate of drug-likeness (QED) is 0.738. The van der Waals surface area contributed by atoms with Gasteiger partial charge in [-0.3, -0.25) is 4.79 Å². The number of aliphatic carboxylic acids is 1. The maximum absolute atomic E-state index is 10.5. The van der Waals surface area contributed by atoms with Gasteiger partial charge in [-0.05, 0) is 24.6 Å². The Balaban J connectivity index is 2.16. The standard InChI is InChI=1S/C13H17N3O3/c1-8(14-6-12(17)18)13(19)9-3-4-11-10(5-9)15-7-16(11)2/h3-5,7-8,13-14,19H,6H2,1-2H3,(H,17,18). The summed E-state index contributed by atoms with van der Waals surface area (Å²) in [4.78, 5) is 14.7. The Labute approximate surface area is 110 Å². The molecule has 0 amide bonds. The van der Waals surface area contributed by atoms with Gasteiger partial charge >= 0.3 is 5.97 Å². The van der Waals surface area contributed by atoms with Gasteiger partial charge in [-0.2, -0.15) is 0 Å². The number of aryl methyl sites for hydroxylation is 1. The van der Waals surface area contributed by atoms with Crippen LogP contribution >= 0.6 is 0 Å². The van der Waals surface area contributed by atoms with Crippen molar-refractivity contribution in [3.8, 4) is 0 Å². The van der Waals surface area contributed by atoms with Crippen LogP contribution in [0.3, 0.4) is 0 Å². The van der Waals surface area contributed by atoms with E-state index in [1.54, 1.807) is 13.3 Å². The molecule has 2 aromatic rings. The van der Waals surface area contributed by atoms with Crippen molar-refractivity contribution in [2.24, 2.45) is 7.05 Å². The van der Waals surface area contributed by atoms with Crippen LogP contribution in [0, 0.1) is 0 Å². The summed E-state index contributed by atoms with van der Waals surface area (Å²) in [7, 11) is 1.91. The van der Waals surface area contributed by atoms with Crippen LogP contribution in [0.1, 0.15) is 18.6 Å². The highest BCUT2D eigenvalue weighted by atomic mass is 16.4. The van der Waals surface area contributed by atoms with E-state index in [1.807, 2.05) is 29.8 Å². The largest absolute Gasteiger partial charge is 0.480 e. The normalized spacial score (nSPS) is 14.5. The molecule has 0 radical (unpaired) electrons. The van der Waals surface area contributed by atoms with Gasteiger partial charge in [-0.25, -0.2) is 4.98 Å². The van der Waals surface area contributed by atoms with E-state index in [2.05, 4.69) is 10.3 Å². The van der Waals surface area contributed by atoms with Gasteiger partial charge in [-0.15, -0.1) is 0 Å². The van der Waals surface area contributed by atoms with Gasteiger partial charge in [0.05, 0.1) is 30.0 Å². The fourth-order valence-electron chi connectivity index (χ4n) is 1.99. The van der Waals surface area contributed by atoms with Gasteiger partial charge in [-0.1, -0.05) is 6.07 Å². The van der Waals surface area contributed by atoms with Crippen molar-refractivity contribution >= 4 is 17.0 Å². The number of carbonyl (C=O) groups is 1. The molecule has 0 bridgehead atoms. The number of fused-ring (bicyclic) bond motifs is 1. The Morgan fingerprint density at radius 2 is 2.26 bits per heavy atom. The lowest BCUT2D eigenvalue weighted by Crippen LogP contribution is -2.35. The van der Waals surface area contributed by atoms with Crippen LogP contribution in [0.5, 0.6) is 0 Å². The minimum atomic E-state index is -0.945.